The van der Waals surface area contributed by atoms with E-state index in [2.05, 4.69) is 15.6 Å². The average Bonchev–Trinajstić information content (AvgIpc) is 3.26. The van der Waals surface area contributed by atoms with Crippen molar-refractivity contribution in [3.63, 3.8) is 0 Å². The van der Waals surface area contributed by atoms with E-state index in [1.807, 2.05) is 10.8 Å². The van der Waals surface area contributed by atoms with Crippen molar-refractivity contribution in [3.05, 3.63) is 18.2 Å². The fourth-order valence-electron chi connectivity index (χ4n) is 1.97. The third-order valence-corrected chi connectivity index (χ3v) is 3.53. The SMILES string of the molecule is O=C(Cn1ccnc1CNC1CC1)NCC1CC1. The molecule has 18 heavy (non-hydrogen) atoms. The summed E-state index contributed by atoms with van der Waals surface area (Å²) in [5, 5.41) is 6.40. The van der Waals surface area contributed by atoms with Gasteiger partial charge in [0.05, 0.1) is 6.54 Å². The smallest absolute Gasteiger partial charge is 0.239 e. The van der Waals surface area contributed by atoms with Crippen LogP contribution in [0.15, 0.2) is 12.4 Å². The molecule has 0 atom stereocenters. The minimum atomic E-state index is 0.0903. The van der Waals surface area contributed by atoms with Crippen molar-refractivity contribution in [1.29, 1.82) is 0 Å². The zero-order chi connectivity index (χ0) is 12.4. The molecule has 2 fully saturated rings. The number of hydrogen-bond acceptors (Lipinski definition) is 3. The molecule has 98 valence electrons. The number of carbonyl (C=O) groups excluding carboxylic acids is 1. The molecule has 1 heterocycles. The van der Waals surface area contributed by atoms with Gasteiger partial charge < -0.3 is 15.2 Å². The van der Waals surface area contributed by atoms with Crippen LogP contribution in [0.5, 0.6) is 0 Å². The van der Waals surface area contributed by atoms with Gasteiger partial charge in [0, 0.05) is 25.0 Å². The summed E-state index contributed by atoms with van der Waals surface area (Å²) in [5.41, 5.74) is 0. The third kappa shape index (κ3) is 3.32. The molecular weight excluding hydrogens is 228 g/mol. The van der Waals surface area contributed by atoms with E-state index in [4.69, 9.17) is 0 Å². The summed E-state index contributed by atoms with van der Waals surface area (Å²) in [4.78, 5) is 16.1. The van der Waals surface area contributed by atoms with E-state index in [0.717, 1.165) is 24.8 Å². The van der Waals surface area contributed by atoms with Crippen LogP contribution in [0.3, 0.4) is 0 Å². The predicted molar refractivity (Wildman–Crippen MR) is 67.8 cm³/mol. The summed E-state index contributed by atoms with van der Waals surface area (Å²) in [6.45, 7) is 1.98. The lowest BCUT2D eigenvalue weighted by Gasteiger charge is -2.09. The molecule has 0 aromatic carbocycles. The van der Waals surface area contributed by atoms with Crippen LogP contribution in [0.4, 0.5) is 0 Å². The highest BCUT2D eigenvalue weighted by molar-refractivity contribution is 5.75. The van der Waals surface area contributed by atoms with Crippen LogP contribution in [0, 0.1) is 5.92 Å². The lowest BCUT2D eigenvalue weighted by atomic mass is 10.4. The van der Waals surface area contributed by atoms with Gasteiger partial charge in [0.2, 0.25) is 5.91 Å². The standard InChI is InChI=1S/C13H20N4O/c18-13(16-7-10-1-2-10)9-17-6-5-14-12(17)8-15-11-3-4-11/h5-6,10-11,15H,1-4,7-9H2,(H,16,18). The van der Waals surface area contributed by atoms with E-state index < -0.39 is 0 Å². The number of amides is 1. The highest BCUT2D eigenvalue weighted by atomic mass is 16.1. The molecule has 2 aliphatic rings. The van der Waals surface area contributed by atoms with Gasteiger partial charge in [-0.2, -0.15) is 0 Å². The van der Waals surface area contributed by atoms with Gasteiger partial charge >= 0.3 is 0 Å². The van der Waals surface area contributed by atoms with Crippen LogP contribution in [-0.2, 0) is 17.9 Å². The zero-order valence-corrected chi connectivity index (χ0v) is 10.6. The normalized spacial score (nSPS) is 18.9. The molecule has 0 saturated heterocycles. The lowest BCUT2D eigenvalue weighted by Crippen LogP contribution is -2.30. The van der Waals surface area contributed by atoms with Crippen LogP contribution in [0.25, 0.3) is 0 Å². The van der Waals surface area contributed by atoms with E-state index in [9.17, 15) is 4.79 Å². The van der Waals surface area contributed by atoms with Crippen LogP contribution >= 0.6 is 0 Å². The van der Waals surface area contributed by atoms with Crippen molar-refractivity contribution in [2.45, 2.75) is 44.8 Å². The van der Waals surface area contributed by atoms with Crippen LogP contribution in [-0.4, -0.2) is 28.0 Å². The second-order valence-corrected chi connectivity index (χ2v) is 5.37. The second kappa shape index (κ2) is 5.10. The first-order valence-corrected chi connectivity index (χ1v) is 6.81. The number of hydrogen-bond donors (Lipinski definition) is 2. The van der Waals surface area contributed by atoms with Gasteiger partial charge in [0.15, 0.2) is 0 Å². The Morgan fingerprint density at radius 1 is 1.39 bits per heavy atom. The van der Waals surface area contributed by atoms with Gasteiger partial charge in [-0.15, -0.1) is 0 Å². The van der Waals surface area contributed by atoms with Crippen LogP contribution in [0.1, 0.15) is 31.5 Å². The molecule has 2 aliphatic carbocycles. The third-order valence-electron chi connectivity index (χ3n) is 3.53. The van der Waals surface area contributed by atoms with E-state index in [1.165, 1.54) is 25.7 Å². The van der Waals surface area contributed by atoms with Crippen LogP contribution in [0.2, 0.25) is 0 Å². The molecule has 0 radical (unpaired) electrons. The Kier molecular flexibility index (Phi) is 3.32. The monoisotopic (exact) mass is 248 g/mol. The average molecular weight is 248 g/mol. The zero-order valence-electron chi connectivity index (χ0n) is 10.6. The Balaban J connectivity index is 1.47. The van der Waals surface area contributed by atoms with E-state index >= 15 is 0 Å². The van der Waals surface area contributed by atoms with Crippen molar-refractivity contribution >= 4 is 5.91 Å². The molecule has 1 aromatic rings. The van der Waals surface area contributed by atoms with Crippen molar-refractivity contribution in [1.82, 2.24) is 20.2 Å². The first-order chi connectivity index (χ1) is 8.81. The van der Waals surface area contributed by atoms with Crippen molar-refractivity contribution in [2.75, 3.05) is 6.54 Å². The molecule has 2 N–H and O–H groups in total. The van der Waals surface area contributed by atoms with Crippen molar-refractivity contribution in [2.24, 2.45) is 5.92 Å². The highest BCUT2D eigenvalue weighted by Gasteiger charge is 2.22. The number of carbonyl (C=O) groups is 1. The summed E-state index contributed by atoms with van der Waals surface area (Å²) in [6.07, 6.45) is 8.70. The van der Waals surface area contributed by atoms with Gasteiger partial charge in [-0.05, 0) is 31.6 Å². The molecule has 0 unspecified atom stereocenters. The van der Waals surface area contributed by atoms with Gasteiger partial charge in [0.25, 0.3) is 0 Å². The molecule has 1 aromatic heterocycles. The molecule has 0 spiro atoms. The van der Waals surface area contributed by atoms with Crippen molar-refractivity contribution < 1.29 is 4.79 Å². The predicted octanol–water partition coefficient (Wildman–Crippen LogP) is 0.661. The Morgan fingerprint density at radius 2 is 2.22 bits per heavy atom. The Hall–Kier alpha value is -1.36. The molecule has 5 heteroatoms. The summed E-state index contributed by atoms with van der Waals surface area (Å²) in [7, 11) is 0. The molecule has 0 aliphatic heterocycles. The lowest BCUT2D eigenvalue weighted by molar-refractivity contribution is -0.121. The van der Waals surface area contributed by atoms with Gasteiger partial charge in [-0.25, -0.2) is 4.98 Å². The number of rotatable bonds is 7. The maximum Gasteiger partial charge on any atom is 0.239 e. The Labute approximate surface area is 107 Å². The fourth-order valence-corrected chi connectivity index (χ4v) is 1.97. The molecule has 2 saturated carbocycles. The molecule has 5 nitrogen and oxygen atoms in total. The van der Waals surface area contributed by atoms with E-state index in [0.29, 0.717) is 12.6 Å². The number of nitrogens with one attached hydrogen (secondary N) is 2. The summed E-state index contributed by atoms with van der Waals surface area (Å²) < 4.78 is 1.93. The van der Waals surface area contributed by atoms with Gasteiger partial charge in [0.1, 0.15) is 12.4 Å². The molecule has 3 rings (SSSR count). The molecular formula is C13H20N4O. The van der Waals surface area contributed by atoms with Gasteiger partial charge in [-0.3, -0.25) is 4.79 Å². The van der Waals surface area contributed by atoms with Crippen LogP contribution < -0.4 is 10.6 Å². The maximum atomic E-state index is 11.8. The summed E-state index contributed by atoms with van der Waals surface area (Å²) in [5.74, 6) is 1.77. The highest BCUT2D eigenvalue weighted by Crippen LogP contribution is 2.27. The molecule has 1 amide bonds. The summed E-state index contributed by atoms with van der Waals surface area (Å²) in [6, 6.07) is 0.666. The minimum absolute atomic E-state index is 0.0903. The fraction of sp³-hybridized carbons (Fsp3) is 0.692. The largest absolute Gasteiger partial charge is 0.354 e. The Bertz CT molecular complexity index is 420. The quantitative estimate of drug-likeness (QED) is 0.745. The van der Waals surface area contributed by atoms with Crippen molar-refractivity contribution in [3.8, 4) is 0 Å². The maximum absolute atomic E-state index is 11.8. The number of nitrogens with zero attached hydrogens (tertiary/aromatic N) is 2. The van der Waals surface area contributed by atoms with E-state index in [1.54, 1.807) is 6.20 Å². The van der Waals surface area contributed by atoms with Gasteiger partial charge in [-0.1, -0.05) is 0 Å². The summed E-state index contributed by atoms with van der Waals surface area (Å²) >= 11 is 0. The number of aromatic nitrogens is 2. The minimum Gasteiger partial charge on any atom is -0.354 e. The second-order valence-electron chi connectivity index (χ2n) is 5.37. The first-order valence-electron chi connectivity index (χ1n) is 6.81. The molecule has 0 bridgehead atoms. The number of imidazole rings is 1. The first kappa shape index (κ1) is 11.7. The Morgan fingerprint density at radius 3 is 2.94 bits per heavy atom. The van der Waals surface area contributed by atoms with E-state index in [-0.39, 0.29) is 5.91 Å². The topological polar surface area (TPSA) is 59.0 Å².